The highest BCUT2D eigenvalue weighted by molar-refractivity contribution is 7.17. The number of nitroso groups, excluding NO2 is 1. The Kier molecular flexibility index (Phi) is 23.2. The van der Waals surface area contributed by atoms with Gasteiger partial charge in [0.05, 0.1) is 24.2 Å². The van der Waals surface area contributed by atoms with Crippen molar-refractivity contribution in [2.24, 2.45) is 5.90 Å². The molecule has 74 heavy (non-hydrogen) atoms. The van der Waals surface area contributed by atoms with Crippen LogP contribution in [0.15, 0.2) is 59.6 Å². The van der Waals surface area contributed by atoms with Crippen LogP contribution in [-0.4, -0.2) is 79.7 Å². The second-order valence-corrected chi connectivity index (χ2v) is 20.6. The van der Waals surface area contributed by atoms with Gasteiger partial charge < -0.3 is 40.3 Å². The quantitative estimate of drug-likeness (QED) is 0.0177. The number of benzene rings is 2. The molecule has 2 saturated carbocycles. The predicted octanol–water partition coefficient (Wildman–Crippen LogP) is 12.7. The minimum atomic E-state index is -0.362. The monoisotopic (exact) mass is 1050 g/mol. The third-order valence-corrected chi connectivity index (χ3v) is 14.9. The SMILES string of the molecule is N=O.NOC(=O)CCCCCCOc1ccc(Nc2nc(NC3CCCCC3)c3scnc3n2)cc1.O=C(CCCCCCOc1ccc(Nc2nc(NC3CCCCC3)c3scnc3n2)cc1)C1CCCCO1. The van der Waals surface area contributed by atoms with Crippen LogP contribution in [0.5, 0.6) is 11.5 Å². The van der Waals surface area contributed by atoms with Crippen molar-refractivity contribution < 1.29 is 28.6 Å². The van der Waals surface area contributed by atoms with Gasteiger partial charge >= 0.3 is 5.97 Å². The first kappa shape index (κ1) is 55.6. The van der Waals surface area contributed by atoms with Crippen molar-refractivity contribution in [3.63, 3.8) is 0 Å². The number of rotatable bonds is 25. The molecule has 6 aromatic rings. The van der Waals surface area contributed by atoms with Crippen molar-refractivity contribution in [2.75, 3.05) is 41.1 Å². The van der Waals surface area contributed by atoms with Gasteiger partial charge in [-0.1, -0.05) is 69.8 Å². The van der Waals surface area contributed by atoms with Crippen LogP contribution in [0, 0.1) is 10.5 Å². The molecule has 9 rings (SSSR count). The predicted molar refractivity (Wildman–Crippen MR) is 293 cm³/mol. The molecule has 2 aromatic carbocycles. The van der Waals surface area contributed by atoms with Gasteiger partial charge in [-0.05, 0) is 119 Å². The van der Waals surface area contributed by atoms with Crippen molar-refractivity contribution in [3.8, 4) is 11.5 Å². The Bertz CT molecular complexity index is 2590. The maximum Gasteiger partial charge on any atom is 0.324 e. The molecule has 1 atom stereocenters. The molecule has 398 valence electrons. The number of nitrogens with two attached hydrogens (primary N) is 1. The van der Waals surface area contributed by atoms with Crippen molar-refractivity contribution >= 4 is 90.0 Å². The number of fused-ring (bicyclic) bond motifs is 2. The molecule has 0 radical (unpaired) electrons. The van der Waals surface area contributed by atoms with Crippen LogP contribution in [0.1, 0.15) is 148 Å². The van der Waals surface area contributed by atoms with Crippen molar-refractivity contribution in [2.45, 2.75) is 166 Å². The summed E-state index contributed by atoms with van der Waals surface area (Å²) in [6.07, 6.45) is 24.0. The molecule has 5 heterocycles. The normalized spacial score (nSPS) is 16.0. The van der Waals surface area contributed by atoms with Gasteiger partial charge in [-0.3, -0.25) is 9.59 Å². The molecule has 0 spiro atoms. The lowest BCUT2D eigenvalue weighted by atomic mass is 9.95. The van der Waals surface area contributed by atoms with Crippen LogP contribution in [0.4, 0.5) is 34.9 Å². The molecule has 2 aliphatic carbocycles. The van der Waals surface area contributed by atoms with Gasteiger partial charge in [0, 0.05) is 42.9 Å². The van der Waals surface area contributed by atoms with E-state index in [0.29, 0.717) is 55.7 Å². The smallest absolute Gasteiger partial charge is 0.324 e. The zero-order chi connectivity index (χ0) is 51.6. The fourth-order valence-corrected chi connectivity index (χ4v) is 10.7. The van der Waals surface area contributed by atoms with E-state index >= 15 is 0 Å². The van der Waals surface area contributed by atoms with E-state index in [9.17, 15) is 9.59 Å². The summed E-state index contributed by atoms with van der Waals surface area (Å²) in [4.78, 5) is 62.4. The molecule has 0 amide bonds. The second kappa shape index (κ2) is 30.9. The summed E-state index contributed by atoms with van der Waals surface area (Å²) in [5.74, 6) is 9.21. The van der Waals surface area contributed by atoms with E-state index < -0.39 is 0 Å². The lowest BCUT2D eigenvalue weighted by molar-refractivity contribution is -0.144. The van der Waals surface area contributed by atoms with Gasteiger partial charge in [0.2, 0.25) is 11.9 Å². The standard InChI is InChI=1S/C29H39N5O3S.C24H32N6O3S.HNO/c35-24(25-13-7-9-19-37-25)12-6-1-2-8-18-36-23-16-14-22(15-17-23)32-29-33-27-26(38-20-30-27)28(34-29)31-21-10-4-3-5-11-21;25-33-20(31)10-6-1-2-7-15-32-19-13-11-18(12-14-19)28-24-29-22-21(34-16-26-22)23(30-24)27-17-8-4-3-5-9-17;1-2/h14-17,20-21,25H,1-13,18-19H2,(H2,31,32,33,34);11-14,16-17H,1-10,15,25H2,(H2,27,28,29,30);1H. The fraction of sp³-hybridized carbons (Fsp3) is 0.547. The summed E-state index contributed by atoms with van der Waals surface area (Å²) in [5, 5.41) is 13.9. The van der Waals surface area contributed by atoms with Crippen LogP contribution in [-0.2, 0) is 19.2 Å². The zero-order valence-corrected chi connectivity index (χ0v) is 44.0. The van der Waals surface area contributed by atoms with Crippen molar-refractivity contribution in [1.82, 2.24) is 29.9 Å². The van der Waals surface area contributed by atoms with Crippen LogP contribution in [0.2, 0.25) is 0 Å². The van der Waals surface area contributed by atoms with E-state index in [2.05, 4.69) is 51.6 Å². The molecule has 1 saturated heterocycles. The molecule has 19 nitrogen and oxygen atoms in total. The Labute approximate surface area is 441 Å². The molecular formula is C53H72N12O7S2. The number of nitrogens with zero attached hydrogens (tertiary/aromatic N) is 6. The number of hydrogen-bond donors (Lipinski definition) is 6. The molecule has 3 aliphatic rings. The molecule has 21 heteroatoms. The Morgan fingerprint density at radius 2 is 1.04 bits per heavy atom. The Morgan fingerprint density at radius 1 is 0.581 bits per heavy atom. The van der Waals surface area contributed by atoms with E-state index in [0.717, 1.165) is 127 Å². The largest absolute Gasteiger partial charge is 0.494 e. The summed E-state index contributed by atoms with van der Waals surface area (Å²) < 4.78 is 19.3. The van der Waals surface area contributed by atoms with E-state index in [4.69, 9.17) is 35.0 Å². The van der Waals surface area contributed by atoms with Gasteiger partial charge in [-0.15, -0.1) is 22.7 Å². The van der Waals surface area contributed by atoms with Crippen molar-refractivity contribution in [3.05, 3.63) is 64.5 Å². The van der Waals surface area contributed by atoms with Crippen molar-refractivity contribution in [1.29, 1.82) is 5.59 Å². The highest BCUT2D eigenvalue weighted by Gasteiger charge is 2.22. The maximum absolute atomic E-state index is 12.2. The Balaban J connectivity index is 0.000000211. The van der Waals surface area contributed by atoms with E-state index in [1.165, 1.54) is 64.2 Å². The number of Topliss-reactive ketones (excluding diaryl/α,β-unsaturated/α-hetero) is 1. The minimum Gasteiger partial charge on any atom is -0.494 e. The average molecular weight is 1050 g/mol. The topological polar surface area (TPSA) is 263 Å². The maximum atomic E-state index is 12.2. The summed E-state index contributed by atoms with van der Waals surface area (Å²) in [7, 11) is 0. The fourth-order valence-electron chi connectivity index (χ4n) is 9.32. The number of hydrogen-bond acceptors (Lipinski definition) is 21. The molecule has 0 bridgehead atoms. The Hall–Kier alpha value is -6.16. The third-order valence-electron chi connectivity index (χ3n) is 13.3. The van der Waals surface area contributed by atoms with Gasteiger partial charge in [0.1, 0.15) is 27.0 Å². The molecule has 4 aromatic heterocycles. The first-order valence-electron chi connectivity index (χ1n) is 26.5. The van der Waals surface area contributed by atoms with Gasteiger partial charge in [-0.25, -0.2) is 9.97 Å². The lowest BCUT2D eigenvalue weighted by Gasteiger charge is -2.23. The number of thiazole rings is 2. The Morgan fingerprint density at radius 3 is 1.50 bits per heavy atom. The van der Waals surface area contributed by atoms with Gasteiger partial charge in [0.15, 0.2) is 28.7 Å². The van der Waals surface area contributed by atoms with Crippen LogP contribution >= 0.6 is 22.7 Å². The van der Waals surface area contributed by atoms with E-state index in [1.54, 1.807) is 22.7 Å². The number of anilines is 6. The number of aromatic nitrogens is 6. The zero-order valence-electron chi connectivity index (χ0n) is 42.3. The summed E-state index contributed by atoms with van der Waals surface area (Å²) in [6.45, 7) is 2.04. The first-order chi connectivity index (χ1) is 36.5. The van der Waals surface area contributed by atoms with Crippen LogP contribution in [0.3, 0.4) is 0 Å². The summed E-state index contributed by atoms with van der Waals surface area (Å²) in [5.41, 5.74) is 11.4. The molecule has 3 fully saturated rings. The minimum absolute atomic E-state index is 0.147. The number of unbranched alkanes of at least 4 members (excludes halogenated alkanes) is 6. The number of ether oxygens (including phenoxy) is 3. The average Bonchev–Trinajstić information content (AvgIpc) is 4.14. The molecule has 1 unspecified atom stereocenters. The van der Waals surface area contributed by atoms with E-state index in [-0.39, 0.29) is 17.9 Å². The number of carbonyl (C=O) groups excluding carboxylic acids is 2. The van der Waals surface area contributed by atoms with Gasteiger partial charge in [-0.2, -0.15) is 30.7 Å². The van der Waals surface area contributed by atoms with E-state index in [1.807, 2.05) is 59.6 Å². The number of nitrogens with one attached hydrogen (secondary N) is 5. The molecule has 1 aliphatic heterocycles. The summed E-state index contributed by atoms with van der Waals surface area (Å²) >= 11 is 3.14. The van der Waals surface area contributed by atoms with Crippen LogP contribution in [0.25, 0.3) is 20.7 Å². The molecular weight excluding hydrogens is 981 g/mol. The third kappa shape index (κ3) is 18.0. The number of ketones is 1. The summed E-state index contributed by atoms with van der Waals surface area (Å²) in [6, 6.07) is 16.6. The number of carbonyl (C=O) groups is 2. The highest BCUT2D eigenvalue weighted by Crippen LogP contribution is 2.32. The lowest BCUT2D eigenvalue weighted by Crippen LogP contribution is -2.27. The van der Waals surface area contributed by atoms with Gasteiger partial charge in [0.25, 0.3) is 0 Å². The second-order valence-electron chi connectivity index (χ2n) is 18.9. The van der Waals surface area contributed by atoms with Crippen LogP contribution < -0.4 is 36.6 Å². The first-order valence-corrected chi connectivity index (χ1v) is 28.2. The molecule has 7 N–H and O–H groups in total. The highest BCUT2D eigenvalue weighted by atomic mass is 32.1.